The zero-order chi connectivity index (χ0) is 14.7. The molecule has 1 N–H and O–H groups in total. The van der Waals surface area contributed by atoms with Crippen LogP contribution in [0.25, 0.3) is 0 Å². The van der Waals surface area contributed by atoms with Crippen molar-refractivity contribution in [3.05, 3.63) is 62.1 Å². The van der Waals surface area contributed by atoms with Crippen molar-refractivity contribution >= 4 is 33.5 Å². The largest absolute Gasteiger partial charge is 0.502 e. The molecule has 0 heterocycles. The number of halogens is 1. The smallest absolute Gasteiger partial charge is 0.311 e. The molecule has 0 aliphatic rings. The van der Waals surface area contributed by atoms with Gasteiger partial charge in [0.2, 0.25) is 5.75 Å². The van der Waals surface area contributed by atoms with Gasteiger partial charge in [-0.2, -0.15) is 0 Å². The van der Waals surface area contributed by atoms with Crippen LogP contribution < -0.4 is 0 Å². The van der Waals surface area contributed by atoms with Gasteiger partial charge >= 0.3 is 5.69 Å². The van der Waals surface area contributed by atoms with Crippen molar-refractivity contribution in [3.63, 3.8) is 0 Å². The van der Waals surface area contributed by atoms with Gasteiger partial charge in [-0.15, -0.1) is 0 Å². The molecule has 0 fully saturated rings. The highest BCUT2D eigenvalue weighted by molar-refractivity contribution is 9.10. The van der Waals surface area contributed by atoms with Gasteiger partial charge in [-0.25, -0.2) is 0 Å². The fourth-order valence-corrected chi connectivity index (χ4v) is 2.25. The molecule has 20 heavy (non-hydrogen) atoms. The Morgan fingerprint density at radius 3 is 2.75 bits per heavy atom. The Kier molecular flexibility index (Phi) is 4.14. The molecule has 2 aromatic rings. The van der Waals surface area contributed by atoms with E-state index in [2.05, 4.69) is 20.9 Å². The lowest BCUT2D eigenvalue weighted by Crippen LogP contribution is -1.91. The molecule has 0 radical (unpaired) electrons. The molecular formula is C14H11BrN2O3. The van der Waals surface area contributed by atoms with E-state index in [-0.39, 0.29) is 11.4 Å². The molecule has 2 aromatic carbocycles. The van der Waals surface area contributed by atoms with Gasteiger partial charge in [-0.3, -0.25) is 15.1 Å². The molecule has 0 bridgehead atoms. The summed E-state index contributed by atoms with van der Waals surface area (Å²) in [6.07, 6.45) is 1.40. The van der Waals surface area contributed by atoms with Crippen LogP contribution in [-0.2, 0) is 0 Å². The Labute approximate surface area is 123 Å². The fraction of sp³-hybridized carbons (Fsp3) is 0.0714. The minimum absolute atomic E-state index is 0.298. The van der Waals surface area contributed by atoms with Crippen molar-refractivity contribution < 1.29 is 10.0 Å². The number of rotatable bonds is 3. The van der Waals surface area contributed by atoms with Crippen LogP contribution in [0.5, 0.6) is 5.75 Å². The van der Waals surface area contributed by atoms with Gasteiger partial charge in [0.05, 0.1) is 10.6 Å². The number of aliphatic imine (C=N–C) groups is 1. The maximum Gasteiger partial charge on any atom is 0.311 e. The van der Waals surface area contributed by atoms with Gasteiger partial charge in [-0.1, -0.05) is 12.1 Å². The molecule has 2 rings (SSSR count). The van der Waals surface area contributed by atoms with E-state index in [4.69, 9.17) is 0 Å². The topological polar surface area (TPSA) is 75.7 Å². The number of aromatic hydroxyl groups is 1. The second kappa shape index (κ2) is 5.83. The maximum absolute atomic E-state index is 10.7. The van der Waals surface area contributed by atoms with Crippen molar-refractivity contribution in [1.29, 1.82) is 0 Å². The van der Waals surface area contributed by atoms with E-state index >= 15 is 0 Å². The van der Waals surface area contributed by atoms with Gasteiger partial charge in [0.15, 0.2) is 0 Å². The van der Waals surface area contributed by atoms with Crippen LogP contribution in [0.4, 0.5) is 11.4 Å². The summed E-state index contributed by atoms with van der Waals surface area (Å²) in [6, 6.07) is 9.96. The first-order valence-electron chi connectivity index (χ1n) is 5.75. The predicted octanol–water partition coefficient (Wildman–Crippen LogP) is 4.12. The van der Waals surface area contributed by atoms with E-state index < -0.39 is 4.92 Å². The molecular weight excluding hydrogens is 324 g/mol. The number of hydrogen-bond acceptors (Lipinski definition) is 4. The number of benzene rings is 2. The average molecular weight is 335 g/mol. The quantitative estimate of drug-likeness (QED) is 0.521. The first-order chi connectivity index (χ1) is 9.49. The second-order valence-corrected chi connectivity index (χ2v) is 5.04. The molecule has 0 unspecified atom stereocenters. The van der Waals surface area contributed by atoms with Crippen LogP contribution in [0.3, 0.4) is 0 Å². The summed E-state index contributed by atoms with van der Waals surface area (Å²) in [4.78, 5) is 14.3. The van der Waals surface area contributed by atoms with E-state index in [0.717, 1.165) is 10.0 Å². The van der Waals surface area contributed by atoms with E-state index in [9.17, 15) is 15.2 Å². The highest BCUT2D eigenvalue weighted by Gasteiger charge is 2.15. The Morgan fingerprint density at radius 1 is 1.35 bits per heavy atom. The molecule has 5 nitrogen and oxygen atoms in total. The lowest BCUT2D eigenvalue weighted by atomic mass is 10.2. The van der Waals surface area contributed by atoms with Gasteiger partial charge in [-0.05, 0) is 46.6 Å². The number of nitro benzene ring substituents is 1. The number of hydrogen-bond donors (Lipinski definition) is 1. The van der Waals surface area contributed by atoms with Gasteiger partial charge < -0.3 is 5.11 Å². The Morgan fingerprint density at radius 2 is 2.10 bits per heavy atom. The summed E-state index contributed by atoms with van der Waals surface area (Å²) in [7, 11) is 0. The van der Waals surface area contributed by atoms with Crippen LogP contribution in [0.2, 0.25) is 0 Å². The van der Waals surface area contributed by atoms with E-state index in [1.54, 1.807) is 6.07 Å². The summed E-state index contributed by atoms with van der Waals surface area (Å²) in [6.45, 7) is 1.96. The predicted molar refractivity (Wildman–Crippen MR) is 80.9 cm³/mol. The Balaban J connectivity index is 2.37. The van der Waals surface area contributed by atoms with Crippen molar-refractivity contribution in [2.75, 3.05) is 0 Å². The highest BCUT2D eigenvalue weighted by atomic mass is 79.9. The number of phenols is 1. The minimum atomic E-state index is -0.630. The molecule has 6 heteroatoms. The summed E-state index contributed by atoms with van der Waals surface area (Å²) in [5.41, 5.74) is 1.74. The third kappa shape index (κ3) is 3.03. The highest BCUT2D eigenvalue weighted by Crippen LogP contribution is 2.30. The van der Waals surface area contributed by atoms with Crippen molar-refractivity contribution in [3.8, 4) is 5.75 Å². The molecule has 0 amide bonds. The number of para-hydroxylation sites is 1. The van der Waals surface area contributed by atoms with Gasteiger partial charge in [0, 0.05) is 22.3 Å². The number of nitro groups is 1. The summed E-state index contributed by atoms with van der Waals surface area (Å²) in [5.74, 6) is -0.385. The van der Waals surface area contributed by atoms with Crippen molar-refractivity contribution in [2.24, 2.45) is 4.99 Å². The summed E-state index contributed by atoms with van der Waals surface area (Å²) in [5, 5.41) is 20.5. The Hall–Kier alpha value is -2.21. The first-order valence-corrected chi connectivity index (χ1v) is 6.55. The molecule has 0 spiro atoms. The standard InChI is InChI=1S/C14H11BrN2O3/c1-9-5-6-12(11(15)7-9)16-8-10-3-2-4-13(14(10)18)17(19)20/h2-8,18H,1H3. The molecule has 0 saturated heterocycles. The van der Waals surface area contributed by atoms with E-state index in [0.29, 0.717) is 11.3 Å². The molecule has 0 aliphatic heterocycles. The van der Waals surface area contributed by atoms with Gasteiger partial charge in [0.25, 0.3) is 0 Å². The second-order valence-electron chi connectivity index (χ2n) is 4.19. The first kappa shape index (κ1) is 14.2. The third-order valence-corrected chi connectivity index (χ3v) is 3.32. The van der Waals surface area contributed by atoms with E-state index in [1.807, 2.05) is 25.1 Å². The molecule has 0 aliphatic carbocycles. The van der Waals surface area contributed by atoms with Crippen molar-refractivity contribution in [2.45, 2.75) is 6.92 Å². The molecule has 0 aromatic heterocycles. The van der Waals surface area contributed by atoms with Crippen LogP contribution >= 0.6 is 15.9 Å². The fourth-order valence-electron chi connectivity index (χ4n) is 1.66. The number of nitrogens with zero attached hydrogens (tertiary/aromatic N) is 2. The monoisotopic (exact) mass is 334 g/mol. The zero-order valence-corrected chi connectivity index (χ0v) is 12.2. The van der Waals surface area contributed by atoms with Crippen LogP contribution in [-0.4, -0.2) is 16.2 Å². The molecule has 102 valence electrons. The zero-order valence-electron chi connectivity index (χ0n) is 10.6. The number of aryl methyl sites for hydroxylation is 1. The van der Waals surface area contributed by atoms with Crippen molar-refractivity contribution in [1.82, 2.24) is 0 Å². The third-order valence-electron chi connectivity index (χ3n) is 2.69. The summed E-state index contributed by atoms with van der Waals surface area (Å²) < 4.78 is 0.818. The van der Waals surface area contributed by atoms with E-state index in [1.165, 1.54) is 18.3 Å². The SMILES string of the molecule is Cc1ccc(N=Cc2cccc([N+](=O)[O-])c2O)c(Br)c1. The molecule has 0 atom stereocenters. The average Bonchev–Trinajstić information content (AvgIpc) is 2.39. The number of phenolic OH excluding ortho intramolecular Hbond substituents is 1. The summed E-state index contributed by atoms with van der Waals surface area (Å²) >= 11 is 3.39. The maximum atomic E-state index is 10.7. The lowest BCUT2D eigenvalue weighted by Gasteiger charge is -2.01. The normalized spacial score (nSPS) is 10.9. The van der Waals surface area contributed by atoms with Crippen LogP contribution in [0.1, 0.15) is 11.1 Å². The van der Waals surface area contributed by atoms with Gasteiger partial charge in [0.1, 0.15) is 0 Å². The van der Waals surface area contributed by atoms with Crippen LogP contribution in [0, 0.1) is 17.0 Å². The van der Waals surface area contributed by atoms with Crippen LogP contribution in [0.15, 0.2) is 45.9 Å². The molecule has 0 saturated carbocycles. The minimum Gasteiger partial charge on any atom is -0.502 e. The Bertz CT molecular complexity index is 699. The lowest BCUT2D eigenvalue weighted by molar-refractivity contribution is -0.385.